The molecule has 1 aromatic carbocycles. The Labute approximate surface area is 146 Å². The highest BCUT2D eigenvalue weighted by Crippen LogP contribution is 2.16. The van der Waals surface area contributed by atoms with Crippen LogP contribution in [0.3, 0.4) is 0 Å². The van der Waals surface area contributed by atoms with Gasteiger partial charge in [0.05, 0.1) is 12.2 Å². The maximum atomic E-state index is 13.8. The Morgan fingerprint density at radius 2 is 1.80 bits per heavy atom. The predicted octanol–water partition coefficient (Wildman–Crippen LogP) is 1.86. The molecule has 1 aromatic rings. The Morgan fingerprint density at radius 1 is 1.04 bits per heavy atom. The van der Waals surface area contributed by atoms with Crippen molar-refractivity contribution in [2.45, 2.75) is 25.3 Å². The second-order valence-electron chi connectivity index (χ2n) is 6.45. The molecule has 0 radical (unpaired) electrons. The molecule has 6 nitrogen and oxygen atoms in total. The van der Waals surface area contributed by atoms with Gasteiger partial charge in [-0.1, -0.05) is 12.1 Å². The second-order valence-corrected chi connectivity index (χ2v) is 6.45. The lowest BCUT2D eigenvalue weighted by Crippen LogP contribution is -2.50. The van der Waals surface area contributed by atoms with Gasteiger partial charge in [0.15, 0.2) is 0 Å². The Bertz CT molecular complexity index is 609. The minimum Gasteiger partial charge on any atom is -0.380 e. The molecule has 2 aliphatic rings. The zero-order valence-electron chi connectivity index (χ0n) is 14.2. The zero-order chi connectivity index (χ0) is 17.6. The lowest BCUT2D eigenvalue weighted by Gasteiger charge is -2.33. The minimum atomic E-state index is -0.494. The molecule has 0 unspecified atom stereocenters. The molecule has 0 spiro atoms. The molecular weight excluding hydrogens is 325 g/mol. The monoisotopic (exact) mass is 349 g/mol. The summed E-state index contributed by atoms with van der Waals surface area (Å²) in [6.45, 7) is 3.61. The molecule has 7 heteroatoms. The third kappa shape index (κ3) is 4.48. The molecular formula is C18H24FN3O3. The van der Waals surface area contributed by atoms with Gasteiger partial charge in [-0.05, 0) is 31.4 Å². The van der Waals surface area contributed by atoms with E-state index in [4.69, 9.17) is 4.74 Å². The van der Waals surface area contributed by atoms with E-state index in [2.05, 4.69) is 5.32 Å². The summed E-state index contributed by atoms with van der Waals surface area (Å²) in [6, 6.07) is 6.01. The molecule has 2 aliphatic heterocycles. The van der Waals surface area contributed by atoms with Gasteiger partial charge in [0.2, 0.25) is 0 Å². The van der Waals surface area contributed by atoms with Crippen molar-refractivity contribution in [3.05, 3.63) is 35.6 Å². The molecule has 2 heterocycles. The van der Waals surface area contributed by atoms with Crippen LogP contribution in [0.1, 0.15) is 29.6 Å². The number of halogens is 1. The van der Waals surface area contributed by atoms with Crippen molar-refractivity contribution in [3.8, 4) is 0 Å². The molecule has 0 aliphatic carbocycles. The quantitative estimate of drug-likeness (QED) is 0.887. The summed E-state index contributed by atoms with van der Waals surface area (Å²) in [6.07, 6.45) is 2.20. The van der Waals surface area contributed by atoms with Gasteiger partial charge in [-0.2, -0.15) is 0 Å². The van der Waals surface area contributed by atoms with Crippen molar-refractivity contribution < 1.29 is 18.7 Å². The lowest BCUT2D eigenvalue weighted by molar-refractivity contribution is 0.0701. The van der Waals surface area contributed by atoms with Crippen molar-refractivity contribution in [2.24, 2.45) is 0 Å². The summed E-state index contributed by atoms with van der Waals surface area (Å²) in [7, 11) is 0. The number of likely N-dealkylation sites (tertiary alicyclic amines) is 1. The number of amides is 3. The average molecular weight is 349 g/mol. The number of benzene rings is 1. The highest BCUT2D eigenvalue weighted by atomic mass is 19.1. The van der Waals surface area contributed by atoms with E-state index >= 15 is 0 Å². The standard InChI is InChI=1S/C18H24FN3O3/c19-16-5-2-1-4-15(16)17(23)21-9-6-14(7-10-21)20-18(24)22-8-3-12-25-13-11-22/h1-2,4-5,14H,3,6-13H2,(H,20,24). The van der Waals surface area contributed by atoms with E-state index in [9.17, 15) is 14.0 Å². The highest BCUT2D eigenvalue weighted by molar-refractivity contribution is 5.94. The van der Waals surface area contributed by atoms with Crippen molar-refractivity contribution in [2.75, 3.05) is 39.4 Å². The van der Waals surface area contributed by atoms with E-state index in [1.54, 1.807) is 21.9 Å². The first-order valence-corrected chi connectivity index (χ1v) is 8.82. The van der Waals surface area contributed by atoms with E-state index in [0.717, 1.165) is 6.42 Å². The van der Waals surface area contributed by atoms with Crippen molar-refractivity contribution in [1.82, 2.24) is 15.1 Å². The van der Waals surface area contributed by atoms with Crippen molar-refractivity contribution in [3.63, 3.8) is 0 Å². The number of rotatable bonds is 2. The minimum absolute atomic E-state index is 0.0429. The van der Waals surface area contributed by atoms with Crippen LogP contribution in [0.2, 0.25) is 0 Å². The summed E-state index contributed by atoms with van der Waals surface area (Å²) in [4.78, 5) is 28.2. The number of nitrogens with one attached hydrogen (secondary N) is 1. The Hall–Kier alpha value is -2.15. The van der Waals surface area contributed by atoms with Gasteiger partial charge in [-0.25, -0.2) is 9.18 Å². The molecule has 0 bridgehead atoms. The van der Waals surface area contributed by atoms with Crippen LogP contribution in [-0.4, -0.2) is 67.2 Å². The molecule has 3 amide bonds. The fourth-order valence-electron chi connectivity index (χ4n) is 3.25. The summed E-state index contributed by atoms with van der Waals surface area (Å²) in [5.41, 5.74) is 0.106. The normalized spacial score (nSPS) is 19.4. The summed E-state index contributed by atoms with van der Waals surface area (Å²) >= 11 is 0. The Balaban J connectivity index is 1.49. The number of piperidine rings is 1. The molecule has 0 atom stereocenters. The maximum Gasteiger partial charge on any atom is 0.317 e. The smallest absolute Gasteiger partial charge is 0.317 e. The van der Waals surface area contributed by atoms with Crippen molar-refractivity contribution in [1.29, 1.82) is 0 Å². The first-order valence-electron chi connectivity index (χ1n) is 8.82. The third-order valence-corrected chi connectivity index (χ3v) is 4.72. The van der Waals surface area contributed by atoms with Crippen LogP contribution in [0.5, 0.6) is 0 Å². The van der Waals surface area contributed by atoms with Crippen LogP contribution >= 0.6 is 0 Å². The van der Waals surface area contributed by atoms with Gasteiger partial charge in [0.1, 0.15) is 5.82 Å². The summed E-state index contributed by atoms with van der Waals surface area (Å²) in [5, 5.41) is 3.05. The van der Waals surface area contributed by atoms with Crippen LogP contribution in [0.25, 0.3) is 0 Å². The Kier molecular flexibility index (Phi) is 5.86. The molecule has 2 saturated heterocycles. The average Bonchev–Trinajstić information content (AvgIpc) is 2.92. The number of carbonyl (C=O) groups is 2. The third-order valence-electron chi connectivity index (χ3n) is 4.72. The first kappa shape index (κ1) is 17.7. The highest BCUT2D eigenvalue weighted by Gasteiger charge is 2.27. The van der Waals surface area contributed by atoms with Crippen LogP contribution in [0, 0.1) is 5.82 Å². The fraction of sp³-hybridized carbons (Fsp3) is 0.556. The Morgan fingerprint density at radius 3 is 2.56 bits per heavy atom. The number of hydrogen-bond acceptors (Lipinski definition) is 3. The van der Waals surface area contributed by atoms with Gasteiger partial charge < -0.3 is 19.9 Å². The molecule has 3 rings (SSSR count). The molecule has 25 heavy (non-hydrogen) atoms. The molecule has 0 aromatic heterocycles. The van der Waals surface area contributed by atoms with Crippen LogP contribution < -0.4 is 5.32 Å². The van der Waals surface area contributed by atoms with E-state index in [1.165, 1.54) is 12.1 Å². The number of nitrogens with zero attached hydrogens (tertiary/aromatic N) is 2. The predicted molar refractivity (Wildman–Crippen MR) is 90.9 cm³/mol. The van der Waals surface area contributed by atoms with Crippen molar-refractivity contribution >= 4 is 11.9 Å². The molecule has 2 fully saturated rings. The van der Waals surface area contributed by atoms with E-state index in [0.29, 0.717) is 52.2 Å². The first-order chi connectivity index (χ1) is 12.1. The largest absolute Gasteiger partial charge is 0.380 e. The zero-order valence-corrected chi connectivity index (χ0v) is 14.2. The van der Waals surface area contributed by atoms with Gasteiger partial charge in [0.25, 0.3) is 5.91 Å². The second kappa shape index (κ2) is 8.29. The molecule has 136 valence electrons. The molecule has 1 N–H and O–H groups in total. The van der Waals surface area contributed by atoms with Gasteiger partial charge in [0, 0.05) is 38.8 Å². The van der Waals surface area contributed by atoms with Gasteiger partial charge >= 0.3 is 6.03 Å². The number of urea groups is 1. The fourth-order valence-corrected chi connectivity index (χ4v) is 3.25. The summed E-state index contributed by atoms with van der Waals surface area (Å²) in [5.74, 6) is -0.779. The van der Waals surface area contributed by atoms with Crippen LogP contribution in [0.4, 0.5) is 9.18 Å². The topological polar surface area (TPSA) is 61.9 Å². The van der Waals surface area contributed by atoms with E-state index < -0.39 is 5.82 Å². The van der Waals surface area contributed by atoms with Gasteiger partial charge in [-0.3, -0.25) is 4.79 Å². The number of hydrogen-bond donors (Lipinski definition) is 1. The lowest BCUT2D eigenvalue weighted by atomic mass is 10.0. The van der Waals surface area contributed by atoms with E-state index in [1.807, 2.05) is 0 Å². The number of ether oxygens (including phenoxy) is 1. The number of carbonyl (C=O) groups excluding carboxylic acids is 2. The SMILES string of the molecule is O=C(NC1CCN(C(=O)c2ccccc2F)CC1)N1CCCOCC1. The van der Waals surface area contributed by atoms with Gasteiger partial charge in [-0.15, -0.1) is 0 Å². The maximum absolute atomic E-state index is 13.8. The van der Waals surface area contributed by atoms with Crippen LogP contribution in [-0.2, 0) is 4.74 Å². The van der Waals surface area contributed by atoms with E-state index in [-0.39, 0.29) is 23.5 Å². The van der Waals surface area contributed by atoms with Crippen LogP contribution in [0.15, 0.2) is 24.3 Å². The summed E-state index contributed by atoms with van der Waals surface area (Å²) < 4.78 is 19.1. The molecule has 0 saturated carbocycles.